The molecule has 1 saturated heterocycles. The molecule has 108 valence electrons. The molecule has 1 aromatic carbocycles. The summed E-state index contributed by atoms with van der Waals surface area (Å²) < 4.78 is 0. The molecule has 2 rings (SSSR count). The molecule has 6 heteroatoms. The lowest BCUT2D eigenvalue weighted by Gasteiger charge is -2.36. The predicted molar refractivity (Wildman–Crippen MR) is 92.4 cm³/mol. The van der Waals surface area contributed by atoms with E-state index in [1.54, 1.807) is 0 Å². The molecule has 1 aliphatic heterocycles. The molecule has 2 N–H and O–H groups in total. The van der Waals surface area contributed by atoms with Crippen LogP contribution in [0.25, 0.3) is 0 Å². The first-order valence-electron chi connectivity index (χ1n) is 6.60. The Kier molecular flexibility index (Phi) is 4.77. The van der Waals surface area contributed by atoms with Crippen LogP contribution in [0.3, 0.4) is 0 Å². The third-order valence-electron chi connectivity index (χ3n) is 3.51. The maximum Gasteiger partial charge on any atom is 0.166 e. The van der Waals surface area contributed by atoms with Crippen molar-refractivity contribution in [2.75, 3.05) is 45.2 Å². The molecule has 0 spiro atoms. The average Bonchev–Trinajstić information content (AvgIpc) is 2.46. The van der Waals surface area contributed by atoms with E-state index in [0.29, 0.717) is 5.11 Å². The Balaban J connectivity index is 2.00. The van der Waals surface area contributed by atoms with Gasteiger partial charge in [-0.15, -0.1) is 0 Å². The van der Waals surface area contributed by atoms with Gasteiger partial charge in [0.05, 0.1) is 0 Å². The zero-order valence-electron chi connectivity index (χ0n) is 11.9. The molecule has 1 aliphatic rings. The van der Waals surface area contributed by atoms with E-state index in [4.69, 9.17) is 30.2 Å². The lowest BCUT2D eigenvalue weighted by atomic mass is 10.1. The van der Waals surface area contributed by atoms with Gasteiger partial charge < -0.3 is 20.4 Å². The summed E-state index contributed by atoms with van der Waals surface area (Å²) in [6.45, 7) is 3.41. The van der Waals surface area contributed by atoms with E-state index in [1.165, 1.54) is 5.69 Å². The molecule has 1 heterocycles. The lowest BCUT2D eigenvalue weighted by molar-refractivity contribution is 0.263. The van der Waals surface area contributed by atoms with E-state index >= 15 is 0 Å². The molecule has 0 amide bonds. The zero-order valence-corrected chi connectivity index (χ0v) is 13.5. The SMILES string of the molecule is CN(C)c1ccc(C(=S)N2CCN(C(N)=S)CC2)cc1. The third-order valence-corrected chi connectivity index (χ3v) is 4.26. The van der Waals surface area contributed by atoms with Crippen molar-refractivity contribution in [3.05, 3.63) is 29.8 Å². The summed E-state index contributed by atoms with van der Waals surface area (Å²) >= 11 is 10.6. The Morgan fingerprint density at radius 1 is 1.00 bits per heavy atom. The molecule has 4 nitrogen and oxygen atoms in total. The van der Waals surface area contributed by atoms with Gasteiger partial charge in [-0.2, -0.15) is 0 Å². The molecule has 0 aromatic heterocycles. The van der Waals surface area contributed by atoms with E-state index in [-0.39, 0.29) is 0 Å². The minimum atomic E-state index is 0.478. The summed E-state index contributed by atoms with van der Waals surface area (Å²) in [6.07, 6.45) is 0. The topological polar surface area (TPSA) is 35.7 Å². The van der Waals surface area contributed by atoms with Crippen LogP contribution in [-0.2, 0) is 0 Å². The normalized spacial score (nSPS) is 15.1. The first-order valence-corrected chi connectivity index (χ1v) is 7.41. The van der Waals surface area contributed by atoms with Crippen LogP contribution < -0.4 is 10.6 Å². The van der Waals surface area contributed by atoms with Gasteiger partial charge in [-0.3, -0.25) is 0 Å². The van der Waals surface area contributed by atoms with Crippen molar-refractivity contribution in [3.63, 3.8) is 0 Å². The first-order chi connectivity index (χ1) is 9.49. The molecule has 0 radical (unpaired) electrons. The van der Waals surface area contributed by atoms with Gasteiger partial charge in [-0.05, 0) is 36.5 Å². The van der Waals surface area contributed by atoms with Crippen LogP contribution in [0.15, 0.2) is 24.3 Å². The number of hydrogen-bond acceptors (Lipinski definition) is 3. The molecule has 0 atom stereocenters. The Morgan fingerprint density at radius 2 is 1.50 bits per heavy atom. The standard InChI is InChI=1S/C14H20N4S2/c1-16(2)12-5-3-11(4-6-12)13(19)17-7-9-18(10-8-17)14(15)20/h3-6H,7-10H2,1-2H3,(H2,15,20). The molecule has 1 aromatic rings. The number of rotatable bonds is 2. The van der Waals surface area contributed by atoms with Crippen molar-refractivity contribution in [1.82, 2.24) is 9.80 Å². The van der Waals surface area contributed by atoms with Gasteiger partial charge in [-0.1, -0.05) is 12.2 Å². The van der Waals surface area contributed by atoms with E-state index < -0.39 is 0 Å². The fourth-order valence-electron chi connectivity index (χ4n) is 2.21. The van der Waals surface area contributed by atoms with E-state index in [2.05, 4.69) is 34.1 Å². The third kappa shape index (κ3) is 3.37. The summed E-state index contributed by atoms with van der Waals surface area (Å²) in [5.74, 6) is 0. The number of piperazine rings is 1. The summed E-state index contributed by atoms with van der Waals surface area (Å²) in [6, 6.07) is 8.34. The number of nitrogens with zero attached hydrogens (tertiary/aromatic N) is 3. The van der Waals surface area contributed by atoms with Crippen LogP contribution >= 0.6 is 24.4 Å². The highest BCUT2D eigenvalue weighted by atomic mass is 32.1. The number of nitrogens with two attached hydrogens (primary N) is 1. The molecular weight excluding hydrogens is 288 g/mol. The van der Waals surface area contributed by atoms with Crippen molar-refractivity contribution in [2.45, 2.75) is 0 Å². The summed E-state index contributed by atoms with van der Waals surface area (Å²) in [7, 11) is 4.06. The van der Waals surface area contributed by atoms with E-state index in [9.17, 15) is 0 Å². The van der Waals surface area contributed by atoms with Crippen molar-refractivity contribution in [1.29, 1.82) is 0 Å². The quantitative estimate of drug-likeness (QED) is 0.830. The highest BCUT2D eigenvalue weighted by molar-refractivity contribution is 7.80. The Hall–Kier alpha value is -1.40. The van der Waals surface area contributed by atoms with Crippen LogP contribution in [0, 0.1) is 0 Å². The van der Waals surface area contributed by atoms with Crippen molar-refractivity contribution >= 4 is 40.2 Å². The van der Waals surface area contributed by atoms with E-state index in [0.717, 1.165) is 36.7 Å². The Morgan fingerprint density at radius 3 is 1.95 bits per heavy atom. The number of benzene rings is 1. The summed E-state index contributed by atoms with van der Waals surface area (Å²) in [5, 5.41) is 0.478. The molecule has 1 fully saturated rings. The highest BCUT2D eigenvalue weighted by Gasteiger charge is 2.20. The van der Waals surface area contributed by atoms with Crippen LogP contribution in [0.5, 0.6) is 0 Å². The molecule has 0 aliphatic carbocycles. The van der Waals surface area contributed by atoms with Gasteiger partial charge in [0.1, 0.15) is 4.99 Å². The van der Waals surface area contributed by atoms with Crippen molar-refractivity contribution in [3.8, 4) is 0 Å². The van der Waals surface area contributed by atoms with Gasteiger partial charge in [0.25, 0.3) is 0 Å². The Bertz CT molecular complexity index is 490. The second kappa shape index (κ2) is 6.37. The first kappa shape index (κ1) is 15.0. The fraction of sp³-hybridized carbons (Fsp3) is 0.429. The van der Waals surface area contributed by atoms with Gasteiger partial charge in [0.15, 0.2) is 5.11 Å². The van der Waals surface area contributed by atoms with Gasteiger partial charge in [-0.25, -0.2) is 0 Å². The summed E-state index contributed by atoms with van der Waals surface area (Å²) in [4.78, 5) is 7.21. The Labute approximate surface area is 131 Å². The second-order valence-electron chi connectivity index (χ2n) is 5.06. The van der Waals surface area contributed by atoms with Crippen molar-refractivity contribution < 1.29 is 0 Å². The number of anilines is 1. The second-order valence-corrected chi connectivity index (χ2v) is 5.86. The number of hydrogen-bond donors (Lipinski definition) is 1. The zero-order chi connectivity index (χ0) is 14.7. The van der Waals surface area contributed by atoms with Crippen LogP contribution in [-0.4, -0.2) is 60.2 Å². The lowest BCUT2D eigenvalue weighted by Crippen LogP contribution is -2.51. The van der Waals surface area contributed by atoms with Gasteiger partial charge in [0.2, 0.25) is 0 Å². The van der Waals surface area contributed by atoms with Crippen molar-refractivity contribution in [2.24, 2.45) is 5.73 Å². The predicted octanol–water partition coefficient (Wildman–Crippen LogP) is 1.29. The smallest absolute Gasteiger partial charge is 0.166 e. The van der Waals surface area contributed by atoms with Crippen LogP contribution in [0.4, 0.5) is 5.69 Å². The average molecular weight is 308 g/mol. The van der Waals surface area contributed by atoms with Crippen LogP contribution in [0.1, 0.15) is 5.56 Å². The fourth-order valence-corrected chi connectivity index (χ4v) is 2.72. The molecular formula is C14H20N4S2. The molecule has 0 unspecified atom stereocenters. The maximum absolute atomic E-state index is 5.65. The maximum atomic E-state index is 5.65. The van der Waals surface area contributed by atoms with Crippen LogP contribution in [0.2, 0.25) is 0 Å². The minimum absolute atomic E-state index is 0.478. The largest absolute Gasteiger partial charge is 0.378 e. The van der Waals surface area contributed by atoms with E-state index in [1.807, 2.05) is 19.0 Å². The van der Waals surface area contributed by atoms with Gasteiger partial charge >= 0.3 is 0 Å². The summed E-state index contributed by atoms with van der Waals surface area (Å²) in [5.41, 5.74) is 7.91. The monoisotopic (exact) mass is 308 g/mol. The molecule has 20 heavy (non-hydrogen) atoms. The molecule has 0 saturated carbocycles. The van der Waals surface area contributed by atoms with Gasteiger partial charge in [0, 0.05) is 51.5 Å². The number of thiocarbonyl (C=S) groups is 2. The molecule has 0 bridgehead atoms. The highest BCUT2D eigenvalue weighted by Crippen LogP contribution is 2.15. The minimum Gasteiger partial charge on any atom is -0.378 e.